The Balaban J connectivity index is 2.56. The standard InChI is InChI=1S/C13H15FN2O5/c1-3-5-13(14)10(19)9(7(2)17)21-11(13)16-6-4-8(18)15-12(16)20/h4,6-7,9-11,17,19H,1-2H3,(H,15,18,20)/t7-,9+,10?,11+,13?/m0/s1. The summed E-state index contributed by atoms with van der Waals surface area (Å²) >= 11 is 0. The van der Waals surface area contributed by atoms with Gasteiger partial charge in [-0.05, 0) is 13.8 Å². The van der Waals surface area contributed by atoms with Crippen molar-refractivity contribution in [2.45, 2.75) is 44.1 Å². The second-order valence-electron chi connectivity index (χ2n) is 4.80. The lowest BCUT2D eigenvalue weighted by atomic mass is 9.94. The van der Waals surface area contributed by atoms with Gasteiger partial charge in [0.1, 0.15) is 12.2 Å². The van der Waals surface area contributed by atoms with Crippen LogP contribution in [0.15, 0.2) is 21.9 Å². The number of hydrogen-bond acceptors (Lipinski definition) is 5. The largest absolute Gasteiger partial charge is 0.391 e. The lowest BCUT2D eigenvalue weighted by Crippen LogP contribution is -2.45. The number of aromatic nitrogens is 2. The summed E-state index contributed by atoms with van der Waals surface area (Å²) in [6, 6.07) is 1.02. The van der Waals surface area contributed by atoms with E-state index in [-0.39, 0.29) is 0 Å². The highest BCUT2D eigenvalue weighted by Gasteiger charge is 2.59. The Bertz CT molecular complexity index is 701. The van der Waals surface area contributed by atoms with Gasteiger partial charge < -0.3 is 14.9 Å². The molecule has 1 fully saturated rings. The van der Waals surface area contributed by atoms with Crippen LogP contribution in [0.5, 0.6) is 0 Å². The number of aliphatic hydroxyl groups excluding tert-OH is 2. The summed E-state index contributed by atoms with van der Waals surface area (Å²) in [7, 11) is 0. The van der Waals surface area contributed by atoms with E-state index in [4.69, 9.17) is 4.74 Å². The number of ether oxygens (including phenoxy) is 1. The molecule has 0 amide bonds. The van der Waals surface area contributed by atoms with Crippen molar-refractivity contribution >= 4 is 0 Å². The molecule has 1 saturated heterocycles. The molecule has 0 bridgehead atoms. The van der Waals surface area contributed by atoms with E-state index in [2.05, 4.69) is 11.8 Å². The van der Waals surface area contributed by atoms with Crippen molar-refractivity contribution in [3.8, 4) is 11.8 Å². The van der Waals surface area contributed by atoms with Gasteiger partial charge in [-0.15, -0.1) is 5.92 Å². The van der Waals surface area contributed by atoms with Crippen molar-refractivity contribution in [1.29, 1.82) is 0 Å². The first-order valence-corrected chi connectivity index (χ1v) is 6.27. The van der Waals surface area contributed by atoms with Crippen molar-refractivity contribution in [3.63, 3.8) is 0 Å². The van der Waals surface area contributed by atoms with E-state index in [0.29, 0.717) is 0 Å². The molecule has 0 aromatic carbocycles. The minimum atomic E-state index is -2.58. The molecule has 5 atom stereocenters. The Morgan fingerprint density at radius 2 is 2.24 bits per heavy atom. The number of rotatable bonds is 2. The van der Waals surface area contributed by atoms with Crippen LogP contribution in [0.3, 0.4) is 0 Å². The molecule has 0 aliphatic carbocycles. The van der Waals surface area contributed by atoms with Crippen molar-refractivity contribution in [1.82, 2.24) is 9.55 Å². The Hall–Kier alpha value is -1.95. The maximum atomic E-state index is 15.0. The van der Waals surface area contributed by atoms with Gasteiger partial charge in [-0.25, -0.2) is 9.18 Å². The molecule has 0 radical (unpaired) electrons. The van der Waals surface area contributed by atoms with Gasteiger partial charge in [0, 0.05) is 12.3 Å². The van der Waals surface area contributed by atoms with Gasteiger partial charge >= 0.3 is 5.69 Å². The smallest absolute Gasteiger partial charge is 0.330 e. The topological polar surface area (TPSA) is 105 Å². The summed E-state index contributed by atoms with van der Waals surface area (Å²) in [5.74, 6) is 4.53. The normalized spacial score (nSPS) is 33.3. The highest BCUT2D eigenvalue weighted by atomic mass is 19.1. The summed E-state index contributed by atoms with van der Waals surface area (Å²) in [5, 5.41) is 19.6. The molecular formula is C13H15FN2O5. The van der Waals surface area contributed by atoms with Crippen molar-refractivity contribution in [2.75, 3.05) is 0 Å². The maximum absolute atomic E-state index is 15.0. The van der Waals surface area contributed by atoms with E-state index in [0.717, 1.165) is 16.8 Å². The number of H-pyrrole nitrogens is 1. The first-order chi connectivity index (χ1) is 9.81. The molecule has 8 heteroatoms. The van der Waals surface area contributed by atoms with E-state index < -0.39 is 41.5 Å². The van der Waals surface area contributed by atoms with E-state index in [9.17, 15) is 19.8 Å². The van der Waals surface area contributed by atoms with Crippen LogP contribution >= 0.6 is 0 Å². The lowest BCUT2D eigenvalue weighted by Gasteiger charge is -2.24. The van der Waals surface area contributed by atoms with Gasteiger partial charge in [-0.3, -0.25) is 14.3 Å². The SMILES string of the molecule is CC#CC1(F)C(O)[C@@H]([C@H](C)O)O[C@H]1n1ccc(=O)[nH]c1=O. The van der Waals surface area contributed by atoms with E-state index in [1.54, 1.807) is 0 Å². The third kappa shape index (κ3) is 2.51. The van der Waals surface area contributed by atoms with Crippen LogP contribution in [0, 0.1) is 11.8 Å². The van der Waals surface area contributed by atoms with Gasteiger partial charge in [-0.1, -0.05) is 5.92 Å². The number of hydrogen-bond donors (Lipinski definition) is 3. The predicted octanol–water partition coefficient (Wildman–Crippen LogP) is -1.09. The molecule has 2 rings (SSSR count). The second-order valence-corrected chi connectivity index (χ2v) is 4.80. The van der Waals surface area contributed by atoms with Crippen LogP contribution in [0.4, 0.5) is 4.39 Å². The zero-order valence-corrected chi connectivity index (χ0v) is 11.4. The first-order valence-electron chi connectivity index (χ1n) is 6.27. The molecule has 2 heterocycles. The molecule has 114 valence electrons. The van der Waals surface area contributed by atoms with Crippen molar-refractivity contribution in [3.05, 3.63) is 33.1 Å². The molecule has 0 spiro atoms. The summed E-state index contributed by atoms with van der Waals surface area (Å²) in [6.45, 7) is 2.70. The van der Waals surface area contributed by atoms with Gasteiger partial charge in [-0.2, -0.15) is 0 Å². The van der Waals surface area contributed by atoms with E-state index in [1.165, 1.54) is 13.8 Å². The number of aromatic amines is 1. The van der Waals surface area contributed by atoms with E-state index >= 15 is 4.39 Å². The van der Waals surface area contributed by atoms with Crippen molar-refractivity contribution < 1.29 is 19.3 Å². The fraction of sp³-hybridized carbons (Fsp3) is 0.538. The Morgan fingerprint density at radius 3 is 2.76 bits per heavy atom. The van der Waals surface area contributed by atoms with Crippen LogP contribution in [0.25, 0.3) is 0 Å². The molecule has 7 nitrogen and oxygen atoms in total. The number of nitrogens with zero attached hydrogens (tertiary/aromatic N) is 1. The monoisotopic (exact) mass is 298 g/mol. The Morgan fingerprint density at radius 1 is 1.57 bits per heavy atom. The van der Waals surface area contributed by atoms with Crippen LogP contribution in [0.2, 0.25) is 0 Å². The quantitative estimate of drug-likeness (QED) is 0.602. The third-order valence-corrected chi connectivity index (χ3v) is 3.28. The molecule has 1 aromatic heterocycles. The second kappa shape index (κ2) is 5.44. The Labute approximate surface area is 119 Å². The summed E-state index contributed by atoms with van der Waals surface area (Å²) in [5.41, 5.74) is -4.13. The fourth-order valence-corrected chi connectivity index (χ4v) is 2.29. The van der Waals surface area contributed by atoms with Crippen LogP contribution in [-0.4, -0.2) is 43.7 Å². The zero-order valence-electron chi connectivity index (χ0n) is 11.4. The molecule has 21 heavy (non-hydrogen) atoms. The number of aliphatic hydroxyl groups is 2. The van der Waals surface area contributed by atoms with Crippen LogP contribution in [-0.2, 0) is 4.74 Å². The van der Waals surface area contributed by atoms with Crippen molar-refractivity contribution in [2.24, 2.45) is 0 Å². The van der Waals surface area contributed by atoms with Gasteiger partial charge in [0.2, 0.25) is 5.67 Å². The van der Waals surface area contributed by atoms with Gasteiger partial charge in [0.25, 0.3) is 5.56 Å². The molecule has 3 N–H and O–H groups in total. The summed E-state index contributed by atoms with van der Waals surface area (Å²) in [4.78, 5) is 24.8. The molecule has 1 aromatic rings. The van der Waals surface area contributed by atoms with E-state index in [1.807, 2.05) is 4.98 Å². The minimum Gasteiger partial charge on any atom is -0.391 e. The minimum absolute atomic E-state index is 0.645. The summed E-state index contributed by atoms with van der Waals surface area (Å²) < 4.78 is 21.1. The van der Waals surface area contributed by atoms with Gasteiger partial charge in [0.05, 0.1) is 6.10 Å². The number of alkyl halides is 1. The number of nitrogens with one attached hydrogen (secondary N) is 1. The average Bonchev–Trinajstić information content (AvgIpc) is 2.64. The maximum Gasteiger partial charge on any atom is 0.330 e. The molecule has 2 unspecified atom stereocenters. The molecule has 1 aliphatic rings. The highest BCUT2D eigenvalue weighted by Crippen LogP contribution is 2.41. The predicted molar refractivity (Wildman–Crippen MR) is 70.2 cm³/mol. The zero-order chi connectivity index (χ0) is 15.8. The summed E-state index contributed by atoms with van der Waals surface area (Å²) in [6.07, 6.45) is -4.69. The fourth-order valence-electron chi connectivity index (χ4n) is 2.29. The molecular weight excluding hydrogens is 283 g/mol. The number of halogens is 1. The lowest BCUT2D eigenvalue weighted by molar-refractivity contribution is -0.0803. The average molecular weight is 298 g/mol. The third-order valence-electron chi connectivity index (χ3n) is 3.28. The highest BCUT2D eigenvalue weighted by molar-refractivity contribution is 5.23. The first kappa shape index (κ1) is 15.4. The van der Waals surface area contributed by atoms with Crippen LogP contribution in [0.1, 0.15) is 20.1 Å². The molecule has 0 saturated carbocycles. The van der Waals surface area contributed by atoms with Gasteiger partial charge in [0.15, 0.2) is 6.23 Å². The van der Waals surface area contributed by atoms with Crippen LogP contribution < -0.4 is 11.2 Å². The molecule has 1 aliphatic heterocycles. The Kier molecular flexibility index (Phi) is 4.00.